The maximum atomic E-state index is 12.1. The van der Waals surface area contributed by atoms with Crippen LogP contribution in [0.5, 0.6) is 0 Å². The molecule has 1 fully saturated rings. The molecule has 1 aliphatic rings. The Hall–Kier alpha value is -2.48. The first-order valence-corrected chi connectivity index (χ1v) is 11.2. The Labute approximate surface area is 180 Å². The average Bonchev–Trinajstić information content (AvgIpc) is 3.43. The highest BCUT2D eigenvalue weighted by Crippen LogP contribution is 2.25. The lowest BCUT2D eigenvalue weighted by Gasteiger charge is -2.30. The summed E-state index contributed by atoms with van der Waals surface area (Å²) in [5, 5.41) is 8.84. The smallest absolute Gasteiger partial charge is 0.250 e. The van der Waals surface area contributed by atoms with Crippen molar-refractivity contribution >= 4 is 22.9 Å². The SMILES string of the molecule is CC1CCN(Cc2ccc(NC(=O)COCc3cc(-c4cccs4)on3)cc2)CC1. The minimum atomic E-state index is -0.185. The molecule has 158 valence electrons. The fourth-order valence-corrected chi connectivity index (χ4v) is 4.21. The number of nitrogens with one attached hydrogen (secondary N) is 1. The van der Waals surface area contributed by atoms with E-state index in [1.54, 1.807) is 11.3 Å². The van der Waals surface area contributed by atoms with Crippen molar-refractivity contribution in [2.75, 3.05) is 25.0 Å². The van der Waals surface area contributed by atoms with E-state index < -0.39 is 0 Å². The largest absolute Gasteiger partial charge is 0.365 e. The van der Waals surface area contributed by atoms with E-state index in [1.807, 2.05) is 35.7 Å². The van der Waals surface area contributed by atoms with Gasteiger partial charge in [0.25, 0.3) is 0 Å². The van der Waals surface area contributed by atoms with Crippen molar-refractivity contribution in [3.8, 4) is 10.6 Å². The van der Waals surface area contributed by atoms with Crippen molar-refractivity contribution in [2.45, 2.75) is 32.9 Å². The molecule has 3 aromatic rings. The van der Waals surface area contributed by atoms with E-state index >= 15 is 0 Å². The number of amides is 1. The van der Waals surface area contributed by atoms with Gasteiger partial charge in [0.15, 0.2) is 5.76 Å². The highest BCUT2D eigenvalue weighted by molar-refractivity contribution is 7.13. The molecule has 30 heavy (non-hydrogen) atoms. The third-order valence-electron chi connectivity index (χ3n) is 5.33. The molecule has 0 bridgehead atoms. The third kappa shape index (κ3) is 5.78. The van der Waals surface area contributed by atoms with Crippen LogP contribution in [0.25, 0.3) is 10.6 Å². The molecule has 1 amide bonds. The zero-order valence-electron chi connectivity index (χ0n) is 17.2. The molecule has 6 nitrogen and oxygen atoms in total. The molecule has 1 aromatic carbocycles. The zero-order chi connectivity index (χ0) is 20.8. The second-order valence-electron chi connectivity index (χ2n) is 7.86. The van der Waals surface area contributed by atoms with Crippen LogP contribution in [0.3, 0.4) is 0 Å². The molecule has 0 spiro atoms. The minimum absolute atomic E-state index is 0.0328. The molecule has 3 heterocycles. The van der Waals surface area contributed by atoms with Crippen LogP contribution in [0, 0.1) is 5.92 Å². The van der Waals surface area contributed by atoms with Gasteiger partial charge in [0.05, 0.1) is 11.5 Å². The summed E-state index contributed by atoms with van der Waals surface area (Å²) in [6, 6.07) is 13.8. The predicted molar refractivity (Wildman–Crippen MR) is 118 cm³/mol. The summed E-state index contributed by atoms with van der Waals surface area (Å²) in [4.78, 5) is 15.7. The van der Waals surface area contributed by atoms with Crippen LogP contribution in [-0.4, -0.2) is 35.7 Å². The minimum Gasteiger partial charge on any atom is -0.365 e. The molecular weight excluding hydrogens is 398 g/mol. The van der Waals surface area contributed by atoms with Gasteiger partial charge in [-0.2, -0.15) is 0 Å². The Morgan fingerprint density at radius 2 is 2.07 bits per heavy atom. The Morgan fingerprint density at radius 3 is 2.80 bits per heavy atom. The Kier molecular flexibility index (Phi) is 6.94. The van der Waals surface area contributed by atoms with Crippen LogP contribution in [0.1, 0.15) is 31.0 Å². The van der Waals surface area contributed by atoms with E-state index in [4.69, 9.17) is 9.26 Å². The van der Waals surface area contributed by atoms with Crippen LogP contribution in [0.4, 0.5) is 5.69 Å². The van der Waals surface area contributed by atoms with Crippen molar-refractivity contribution in [1.29, 1.82) is 0 Å². The Bertz CT molecular complexity index is 929. The summed E-state index contributed by atoms with van der Waals surface area (Å²) in [6.45, 7) is 5.82. The maximum absolute atomic E-state index is 12.1. The van der Waals surface area contributed by atoms with Crippen molar-refractivity contribution in [3.05, 3.63) is 59.1 Å². The summed E-state index contributed by atoms with van der Waals surface area (Å²) >= 11 is 1.59. The molecule has 1 aliphatic heterocycles. The molecule has 0 unspecified atom stereocenters. The van der Waals surface area contributed by atoms with Crippen LogP contribution in [-0.2, 0) is 22.7 Å². The van der Waals surface area contributed by atoms with Gasteiger partial charge >= 0.3 is 0 Å². The van der Waals surface area contributed by atoms with Crippen molar-refractivity contribution in [1.82, 2.24) is 10.1 Å². The molecule has 1 saturated heterocycles. The van der Waals surface area contributed by atoms with Crippen molar-refractivity contribution in [2.24, 2.45) is 5.92 Å². The molecule has 4 rings (SSSR count). The van der Waals surface area contributed by atoms with Crippen LogP contribution in [0.2, 0.25) is 0 Å². The number of carbonyl (C=O) groups is 1. The number of anilines is 1. The van der Waals surface area contributed by atoms with E-state index in [-0.39, 0.29) is 19.1 Å². The van der Waals surface area contributed by atoms with E-state index in [0.717, 1.165) is 36.1 Å². The number of rotatable bonds is 8. The van der Waals surface area contributed by atoms with Crippen LogP contribution >= 0.6 is 11.3 Å². The molecule has 0 atom stereocenters. The average molecular weight is 426 g/mol. The lowest BCUT2D eigenvalue weighted by Crippen LogP contribution is -2.32. The molecule has 0 saturated carbocycles. The third-order valence-corrected chi connectivity index (χ3v) is 6.21. The van der Waals surface area contributed by atoms with Gasteiger partial charge in [0, 0.05) is 18.3 Å². The van der Waals surface area contributed by atoms with Gasteiger partial charge in [-0.1, -0.05) is 30.3 Å². The number of aromatic nitrogens is 1. The van der Waals surface area contributed by atoms with E-state index in [1.165, 1.54) is 18.4 Å². The van der Waals surface area contributed by atoms with Gasteiger partial charge in [-0.15, -0.1) is 11.3 Å². The number of hydrogen-bond acceptors (Lipinski definition) is 6. The maximum Gasteiger partial charge on any atom is 0.250 e. The molecular formula is C23H27N3O3S. The summed E-state index contributed by atoms with van der Waals surface area (Å²) in [5.41, 5.74) is 2.72. The Balaban J connectivity index is 1.19. The topological polar surface area (TPSA) is 67.6 Å². The van der Waals surface area contributed by atoms with Gasteiger partial charge in [0.1, 0.15) is 12.3 Å². The normalized spacial score (nSPS) is 15.4. The highest BCUT2D eigenvalue weighted by Gasteiger charge is 2.15. The zero-order valence-corrected chi connectivity index (χ0v) is 18.0. The number of piperidine rings is 1. The standard InChI is InChI=1S/C23H27N3O3S/c1-17-8-10-26(11-9-17)14-18-4-6-19(7-5-18)24-23(27)16-28-15-20-13-21(29-25-20)22-3-2-12-30-22/h2-7,12-13,17H,8-11,14-16H2,1H3,(H,24,27). The molecule has 7 heteroatoms. The van der Waals surface area contributed by atoms with Crippen LogP contribution in [0.15, 0.2) is 52.4 Å². The quantitative estimate of drug-likeness (QED) is 0.562. The van der Waals surface area contributed by atoms with Crippen molar-refractivity contribution in [3.63, 3.8) is 0 Å². The first-order chi connectivity index (χ1) is 14.7. The Morgan fingerprint density at radius 1 is 1.27 bits per heavy atom. The second-order valence-corrected chi connectivity index (χ2v) is 8.80. The molecule has 0 radical (unpaired) electrons. The lowest BCUT2D eigenvalue weighted by atomic mass is 9.99. The number of ether oxygens (including phenoxy) is 1. The van der Waals surface area contributed by atoms with Crippen LogP contribution < -0.4 is 5.32 Å². The number of thiophene rings is 1. The van der Waals surface area contributed by atoms with Gasteiger partial charge in [-0.05, 0) is 61.0 Å². The summed E-state index contributed by atoms with van der Waals surface area (Å²) in [6.07, 6.45) is 2.55. The van der Waals surface area contributed by atoms with E-state index in [2.05, 4.69) is 34.4 Å². The fraction of sp³-hybridized carbons (Fsp3) is 0.391. The summed E-state index contributed by atoms with van der Waals surface area (Å²) < 4.78 is 10.8. The highest BCUT2D eigenvalue weighted by atomic mass is 32.1. The van der Waals surface area contributed by atoms with Crippen molar-refractivity contribution < 1.29 is 14.1 Å². The van der Waals surface area contributed by atoms with E-state index in [9.17, 15) is 4.79 Å². The van der Waals surface area contributed by atoms with Gasteiger partial charge in [-0.3, -0.25) is 9.69 Å². The second kappa shape index (κ2) is 10.0. The van der Waals surface area contributed by atoms with Gasteiger partial charge in [-0.25, -0.2) is 0 Å². The number of likely N-dealkylation sites (tertiary alicyclic amines) is 1. The number of hydrogen-bond donors (Lipinski definition) is 1. The first-order valence-electron chi connectivity index (χ1n) is 10.3. The molecule has 2 aromatic heterocycles. The van der Waals surface area contributed by atoms with Gasteiger partial charge < -0.3 is 14.6 Å². The summed E-state index contributed by atoms with van der Waals surface area (Å²) in [5.74, 6) is 1.37. The predicted octanol–water partition coefficient (Wildman–Crippen LogP) is 4.79. The number of benzene rings is 1. The number of nitrogens with zero attached hydrogens (tertiary/aromatic N) is 2. The fourth-order valence-electron chi connectivity index (χ4n) is 3.53. The monoisotopic (exact) mass is 425 g/mol. The molecule has 1 N–H and O–H groups in total. The van der Waals surface area contributed by atoms with Gasteiger partial charge in [0.2, 0.25) is 5.91 Å². The van der Waals surface area contributed by atoms with E-state index in [0.29, 0.717) is 11.5 Å². The lowest BCUT2D eigenvalue weighted by molar-refractivity contribution is -0.121. The first kappa shape index (κ1) is 20.8. The number of carbonyl (C=O) groups excluding carboxylic acids is 1. The summed E-state index contributed by atoms with van der Waals surface area (Å²) in [7, 11) is 0. The molecule has 0 aliphatic carbocycles.